The van der Waals surface area contributed by atoms with Crippen LogP contribution in [0.4, 0.5) is 0 Å². The van der Waals surface area contributed by atoms with Crippen LogP contribution in [-0.2, 0) is 16.0 Å². The van der Waals surface area contributed by atoms with Gasteiger partial charge in [-0.05, 0) is 48.9 Å². The lowest BCUT2D eigenvalue weighted by Crippen LogP contribution is -2.47. The van der Waals surface area contributed by atoms with Crippen molar-refractivity contribution >= 4 is 40.9 Å². The number of ketones is 3. The molecule has 6 nitrogen and oxygen atoms in total. The van der Waals surface area contributed by atoms with Crippen molar-refractivity contribution in [2.24, 2.45) is 0 Å². The number of carbonyl (C=O) groups is 5. The Kier molecular flexibility index (Phi) is 5.87. The predicted octanol–water partition coefficient (Wildman–Crippen LogP) is 3.51. The molecule has 4 rings (SSSR count). The average molecular weight is 436 g/mol. The minimum atomic E-state index is -0.876. The minimum absolute atomic E-state index is 0.00894. The monoisotopic (exact) mass is 435 g/mol. The Balaban J connectivity index is 1.47. The maximum absolute atomic E-state index is 12.9. The van der Waals surface area contributed by atoms with Gasteiger partial charge in [0, 0.05) is 23.3 Å². The molecule has 7 heteroatoms. The number of hydrogen-bond donors (Lipinski definition) is 0. The van der Waals surface area contributed by atoms with Crippen LogP contribution in [0, 0.1) is 0 Å². The van der Waals surface area contributed by atoms with Crippen molar-refractivity contribution in [2.75, 3.05) is 6.26 Å². The van der Waals surface area contributed by atoms with Gasteiger partial charge < -0.3 is 0 Å². The van der Waals surface area contributed by atoms with Crippen molar-refractivity contribution in [1.82, 2.24) is 4.90 Å². The van der Waals surface area contributed by atoms with Crippen LogP contribution in [0.5, 0.6) is 0 Å². The number of imide groups is 1. The van der Waals surface area contributed by atoms with E-state index in [1.165, 1.54) is 0 Å². The normalized spacial score (nSPS) is 18.5. The molecule has 0 radical (unpaired) electrons. The lowest BCUT2D eigenvalue weighted by molar-refractivity contribution is -0.132. The number of Topliss-reactive ketones (excluding diaryl/α,β-unsaturated/α-hetero) is 3. The summed E-state index contributed by atoms with van der Waals surface area (Å²) in [5.74, 6) is -1.54. The van der Waals surface area contributed by atoms with Gasteiger partial charge in [-0.1, -0.05) is 18.2 Å². The van der Waals surface area contributed by atoms with Gasteiger partial charge in [-0.15, -0.1) is 11.8 Å². The first kappa shape index (κ1) is 21.2. The van der Waals surface area contributed by atoms with Gasteiger partial charge >= 0.3 is 0 Å². The molecule has 1 unspecified atom stereocenters. The maximum atomic E-state index is 12.9. The quantitative estimate of drug-likeness (QED) is 0.299. The Morgan fingerprint density at radius 1 is 1.00 bits per heavy atom. The van der Waals surface area contributed by atoms with E-state index in [-0.39, 0.29) is 54.2 Å². The largest absolute Gasteiger partial charge is 0.299 e. The number of hydrogen-bond acceptors (Lipinski definition) is 6. The molecule has 1 atom stereocenters. The van der Waals surface area contributed by atoms with Gasteiger partial charge in [0.15, 0.2) is 11.6 Å². The minimum Gasteiger partial charge on any atom is -0.299 e. The van der Waals surface area contributed by atoms with Gasteiger partial charge in [0.25, 0.3) is 11.8 Å². The second kappa shape index (κ2) is 8.59. The second-order valence-electron chi connectivity index (χ2n) is 7.75. The Morgan fingerprint density at radius 3 is 2.39 bits per heavy atom. The Morgan fingerprint density at radius 2 is 1.71 bits per heavy atom. The van der Waals surface area contributed by atoms with Gasteiger partial charge in [0.2, 0.25) is 0 Å². The van der Waals surface area contributed by atoms with E-state index >= 15 is 0 Å². The van der Waals surface area contributed by atoms with Crippen molar-refractivity contribution in [1.29, 1.82) is 0 Å². The zero-order chi connectivity index (χ0) is 22.1. The van der Waals surface area contributed by atoms with E-state index in [0.29, 0.717) is 12.0 Å². The number of rotatable bonds is 6. The van der Waals surface area contributed by atoms with Gasteiger partial charge in [0.05, 0.1) is 23.6 Å². The number of nitrogens with zero attached hydrogens (tertiary/aromatic N) is 1. The predicted molar refractivity (Wildman–Crippen MR) is 115 cm³/mol. The van der Waals surface area contributed by atoms with E-state index in [4.69, 9.17) is 0 Å². The summed E-state index contributed by atoms with van der Waals surface area (Å²) in [5.41, 5.74) is 1.93. The number of thioether (sulfide) groups is 1. The molecule has 1 fully saturated rings. The summed E-state index contributed by atoms with van der Waals surface area (Å²) < 4.78 is 0. The summed E-state index contributed by atoms with van der Waals surface area (Å²) in [5, 5.41) is 0. The molecular weight excluding hydrogens is 414 g/mol. The molecule has 1 aliphatic heterocycles. The highest BCUT2D eigenvalue weighted by Gasteiger charge is 2.44. The highest BCUT2D eigenvalue weighted by molar-refractivity contribution is 7.98. The fourth-order valence-corrected chi connectivity index (χ4v) is 4.46. The van der Waals surface area contributed by atoms with Crippen LogP contribution in [-0.4, -0.2) is 46.4 Å². The van der Waals surface area contributed by atoms with Crippen molar-refractivity contribution in [3.8, 4) is 0 Å². The SMILES string of the molecule is CSc1ccc(C(=O)CCc2ccc3c(c2)C(=O)N(C2CCC(=O)CC2=O)C3=O)cc1. The Labute approximate surface area is 184 Å². The third-order valence-electron chi connectivity index (χ3n) is 5.79. The molecule has 1 heterocycles. The van der Waals surface area contributed by atoms with E-state index in [1.807, 2.05) is 30.5 Å². The van der Waals surface area contributed by atoms with E-state index in [0.717, 1.165) is 15.4 Å². The van der Waals surface area contributed by atoms with Crippen LogP contribution < -0.4 is 0 Å². The molecule has 0 N–H and O–H groups in total. The zero-order valence-corrected chi connectivity index (χ0v) is 17.9. The van der Waals surface area contributed by atoms with Crippen LogP contribution in [0.25, 0.3) is 0 Å². The van der Waals surface area contributed by atoms with Crippen LogP contribution in [0.1, 0.15) is 62.3 Å². The van der Waals surface area contributed by atoms with E-state index < -0.39 is 17.9 Å². The summed E-state index contributed by atoms with van der Waals surface area (Å²) >= 11 is 1.61. The highest BCUT2D eigenvalue weighted by Crippen LogP contribution is 2.30. The zero-order valence-electron chi connectivity index (χ0n) is 17.1. The smallest absolute Gasteiger partial charge is 0.262 e. The van der Waals surface area contributed by atoms with Crippen LogP contribution in [0.3, 0.4) is 0 Å². The van der Waals surface area contributed by atoms with E-state index in [9.17, 15) is 24.0 Å². The molecule has 2 amide bonds. The standard InChI is InChI=1S/C24H21NO5S/c1-31-17-7-4-15(5-8-17)21(27)11-3-14-2-9-18-19(12-14)24(30)25(23(18)29)20-10-6-16(26)13-22(20)28/h2,4-5,7-9,12,20H,3,6,10-11,13H2,1H3. The third-order valence-corrected chi connectivity index (χ3v) is 6.53. The fourth-order valence-electron chi connectivity index (χ4n) is 4.06. The van der Waals surface area contributed by atoms with Gasteiger partial charge in [-0.25, -0.2) is 0 Å². The molecular formula is C24H21NO5S. The van der Waals surface area contributed by atoms with Crippen LogP contribution in [0.2, 0.25) is 0 Å². The van der Waals surface area contributed by atoms with Crippen molar-refractivity contribution in [3.63, 3.8) is 0 Å². The summed E-state index contributed by atoms with van der Waals surface area (Å²) in [7, 11) is 0. The number of aryl methyl sites for hydroxylation is 1. The van der Waals surface area contributed by atoms with Gasteiger partial charge in [-0.2, -0.15) is 0 Å². The topological polar surface area (TPSA) is 88.6 Å². The van der Waals surface area contributed by atoms with E-state index in [2.05, 4.69) is 0 Å². The average Bonchev–Trinajstić information content (AvgIpc) is 3.02. The molecule has 0 aromatic heterocycles. The van der Waals surface area contributed by atoms with Crippen molar-refractivity contribution < 1.29 is 24.0 Å². The molecule has 0 bridgehead atoms. The summed E-state index contributed by atoms with van der Waals surface area (Å²) in [6.45, 7) is 0. The molecule has 0 spiro atoms. The lowest BCUT2D eigenvalue weighted by Gasteiger charge is -2.27. The first-order chi connectivity index (χ1) is 14.9. The number of fused-ring (bicyclic) bond motifs is 1. The lowest BCUT2D eigenvalue weighted by atomic mass is 9.92. The number of benzene rings is 2. The number of amides is 2. The Bertz CT molecular complexity index is 1110. The second-order valence-corrected chi connectivity index (χ2v) is 8.63. The highest BCUT2D eigenvalue weighted by atomic mass is 32.2. The summed E-state index contributed by atoms with van der Waals surface area (Å²) in [6, 6.07) is 11.5. The molecule has 31 heavy (non-hydrogen) atoms. The summed E-state index contributed by atoms with van der Waals surface area (Å²) in [4.78, 5) is 64.0. The van der Waals surface area contributed by atoms with E-state index in [1.54, 1.807) is 30.0 Å². The summed E-state index contributed by atoms with van der Waals surface area (Å²) in [6.07, 6.45) is 2.83. The molecule has 2 aliphatic rings. The molecule has 158 valence electrons. The fraction of sp³-hybridized carbons (Fsp3) is 0.292. The Hall–Kier alpha value is -3.06. The molecule has 1 saturated carbocycles. The van der Waals surface area contributed by atoms with Crippen molar-refractivity contribution in [3.05, 3.63) is 64.7 Å². The first-order valence-electron chi connectivity index (χ1n) is 10.1. The van der Waals surface area contributed by atoms with Crippen molar-refractivity contribution in [2.45, 2.75) is 43.0 Å². The number of carbonyl (C=O) groups excluding carboxylic acids is 5. The molecule has 1 aliphatic carbocycles. The first-order valence-corrected chi connectivity index (χ1v) is 11.3. The van der Waals surface area contributed by atoms with Crippen LogP contribution in [0.15, 0.2) is 47.4 Å². The third kappa shape index (κ3) is 4.10. The van der Waals surface area contributed by atoms with Gasteiger partial charge in [-0.3, -0.25) is 28.9 Å². The molecule has 2 aromatic carbocycles. The molecule has 2 aromatic rings. The van der Waals surface area contributed by atoms with Crippen LogP contribution >= 0.6 is 11.8 Å². The maximum Gasteiger partial charge on any atom is 0.262 e. The molecule has 0 saturated heterocycles. The van der Waals surface area contributed by atoms with Gasteiger partial charge in [0.1, 0.15) is 5.78 Å².